The fourth-order valence-electron chi connectivity index (χ4n) is 3.55. The molecule has 0 spiro atoms. The van der Waals surface area contributed by atoms with Crippen LogP contribution in [0.1, 0.15) is 28.7 Å². The summed E-state index contributed by atoms with van der Waals surface area (Å²) >= 11 is 0. The van der Waals surface area contributed by atoms with Gasteiger partial charge in [0.15, 0.2) is 0 Å². The van der Waals surface area contributed by atoms with E-state index in [9.17, 15) is 9.18 Å². The van der Waals surface area contributed by atoms with Crippen LogP contribution in [0.4, 0.5) is 4.39 Å². The monoisotopic (exact) mass is 399 g/mol. The number of carbonyl (C=O) groups excluding carboxylic acids is 1. The van der Waals surface area contributed by atoms with Gasteiger partial charge in [0.1, 0.15) is 11.6 Å². The molecule has 4 heteroatoms. The predicted octanol–water partition coefficient (Wildman–Crippen LogP) is 5.48. The van der Waals surface area contributed by atoms with E-state index in [1.54, 1.807) is 13.2 Å². The van der Waals surface area contributed by atoms with E-state index in [-0.39, 0.29) is 18.1 Å². The molecule has 0 bridgehead atoms. The van der Waals surface area contributed by atoms with E-state index in [2.05, 4.69) is 5.32 Å². The molecule has 1 amide bonds. The number of fused-ring (bicyclic) bond motifs is 1. The zero-order valence-corrected chi connectivity index (χ0v) is 16.7. The number of carbonyl (C=O) groups is 1. The van der Waals surface area contributed by atoms with E-state index in [1.165, 1.54) is 12.1 Å². The van der Waals surface area contributed by atoms with Crippen LogP contribution in [0.25, 0.3) is 17.2 Å². The van der Waals surface area contributed by atoms with Gasteiger partial charge in [-0.05, 0) is 69.8 Å². The fraction of sp³-hybridized carbons (Fsp3) is 0.115. The average Bonchev–Trinajstić information content (AvgIpc) is 3.09. The first kappa shape index (κ1) is 19.6. The standard InChI is InChI=1S/C26H22FNO2/c1-30-23-10-7-18(8-11-23)13-20-14-21(25-16-22(27)9-12-24(20)25)15-26(29)28-17-19-5-3-2-4-6-19/h2-14,16H,15,17H2,1H3,(H,28,29). The molecule has 3 aromatic rings. The smallest absolute Gasteiger partial charge is 0.224 e. The van der Waals surface area contributed by atoms with Crippen LogP contribution < -0.4 is 10.1 Å². The third-order valence-corrected chi connectivity index (χ3v) is 5.09. The Hall–Kier alpha value is -3.66. The Labute approximate surface area is 175 Å². The summed E-state index contributed by atoms with van der Waals surface area (Å²) < 4.78 is 19.1. The van der Waals surface area contributed by atoms with Crippen molar-refractivity contribution in [2.45, 2.75) is 13.0 Å². The molecule has 0 unspecified atom stereocenters. The van der Waals surface area contributed by atoms with Crippen LogP contribution in [0.5, 0.6) is 5.75 Å². The SMILES string of the molecule is COc1ccc(C=C2C=C(CC(=O)NCc3ccccc3)c3cc(F)ccc32)cc1. The number of ether oxygens (including phenoxy) is 1. The maximum absolute atomic E-state index is 13.9. The van der Waals surface area contributed by atoms with Crippen molar-refractivity contribution in [3.63, 3.8) is 0 Å². The van der Waals surface area contributed by atoms with E-state index in [0.29, 0.717) is 6.54 Å². The molecule has 150 valence electrons. The van der Waals surface area contributed by atoms with E-state index in [1.807, 2.05) is 66.7 Å². The molecule has 0 aromatic heterocycles. The van der Waals surface area contributed by atoms with Gasteiger partial charge < -0.3 is 10.1 Å². The normalized spacial score (nSPS) is 13.7. The lowest BCUT2D eigenvalue weighted by Gasteiger charge is -2.08. The van der Waals surface area contributed by atoms with Crippen LogP contribution in [-0.4, -0.2) is 13.0 Å². The Kier molecular flexibility index (Phi) is 5.75. The average molecular weight is 399 g/mol. The molecule has 1 aliphatic carbocycles. The second kappa shape index (κ2) is 8.78. The molecule has 3 aromatic carbocycles. The zero-order chi connectivity index (χ0) is 20.9. The number of allylic oxidation sites excluding steroid dienone is 2. The molecule has 0 saturated carbocycles. The first-order valence-electron chi connectivity index (χ1n) is 9.79. The minimum absolute atomic E-state index is 0.0917. The van der Waals surface area contributed by atoms with Gasteiger partial charge in [0.25, 0.3) is 0 Å². The summed E-state index contributed by atoms with van der Waals surface area (Å²) in [6.45, 7) is 0.470. The Morgan fingerprint density at radius 3 is 2.50 bits per heavy atom. The van der Waals surface area contributed by atoms with Crippen molar-refractivity contribution in [1.29, 1.82) is 0 Å². The summed E-state index contributed by atoms with van der Waals surface area (Å²) in [5.74, 6) is 0.387. The van der Waals surface area contributed by atoms with Crippen molar-refractivity contribution < 1.29 is 13.9 Å². The van der Waals surface area contributed by atoms with E-state index in [0.717, 1.165) is 39.1 Å². The molecule has 0 atom stereocenters. The fourth-order valence-corrected chi connectivity index (χ4v) is 3.55. The van der Waals surface area contributed by atoms with Gasteiger partial charge in [-0.2, -0.15) is 0 Å². The molecule has 4 rings (SSSR count). The summed E-state index contributed by atoms with van der Waals surface area (Å²) in [4.78, 5) is 12.5. The van der Waals surface area contributed by atoms with Crippen LogP contribution in [0, 0.1) is 5.82 Å². The molecule has 1 N–H and O–H groups in total. The van der Waals surface area contributed by atoms with Crippen LogP contribution in [0.15, 0.2) is 78.9 Å². The van der Waals surface area contributed by atoms with Gasteiger partial charge in [-0.1, -0.05) is 48.5 Å². The first-order chi connectivity index (χ1) is 14.6. The number of hydrogen-bond donors (Lipinski definition) is 1. The molecule has 0 fully saturated rings. The third-order valence-electron chi connectivity index (χ3n) is 5.09. The second-order valence-corrected chi connectivity index (χ2v) is 7.17. The summed E-state index contributed by atoms with van der Waals surface area (Å²) in [5.41, 5.74) is 5.52. The maximum Gasteiger partial charge on any atom is 0.224 e. The predicted molar refractivity (Wildman–Crippen MR) is 118 cm³/mol. The van der Waals surface area contributed by atoms with Gasteiger partial charge in [0.2, 0.25) is 5.91 Å². The van der Waals surface area contributed by atoms with Crippen molar-refractivity contribution in [2.24, 2.45) is 0 Å². The minimum atomic E-state index is -0.310. The summed E-state index contributed by atoms with van der Waals surface area (Å²) in [5, 5.41) is 2.94. The highest BCUT2D eigenvalue weighted by atomic mass is 19.1. The van der Waals surface area contributed by atoms with Crippen LogP contribution >= 0.6 is 0 Å². The molecule has 1 aliphatic rings. The maximum atomic E-state index is 13.9. The van der Waals surface area contributed by atoms with Crippen molar-refractivity contribution in [3.05, 3.63) is 107 Å². The van der Waals surface area contributed by atoms with Gasteiger partial charge in [0, 0.05) is 6.54 Å². The van der Waals surface area contributed by atoms with Gasteiger partial charge in [-0.15, -0.1) is 0 Å². The molecule has 0 aliphatic heterocycles. The van der Waals surface area contributed by atoms with E-state index >= 15 is 0 Å². The minimum Gasteiger partial charge on any atom is -0.497 e. The van der Waals surface area contributed by atoms with Crippen LogP contribution in [0.2, 0.25) is 0 Å². The van der Waals surface area contributed by atoms with E-state index < -0.39 is 0 Å². The Morgan fingerprint density at radius 1 is 1.00 bits per heavy atom. The van der Waals surface area contributed by atoms with Crippen molar-refractivity contribution >= 4 is 23.1 Å². The Morgan fingerprint density at radius 2 is 1.77 bits per heavy atom. The van der Waals surface area contributed by atoms with Crippen molar-refractivity contribution in [2.75, 3.05) is 7.11 Å². The zero-order valence-electron chi connectivity index (χ0n) is 16.7. The van der Waals surface area contributed by atoms with Crippen molar-refractivity contribution in [1.82, 2.24) is 5.32 Å². The van der Waals surface area contributed by atoms with Gasteiger partial charge in [-0.25, -0.2) is 4.39 Å². The quantitative estimate of drug-likeness (QED) is 0.596. The Balaban J connectivity index is 1.55. The molecule has 0 saturated heterocycles. The van der Waals surface area contributed by atoms with Gasteiger partial charge in [-0.3, -0.25) is 4.79 Å². The number of nitrogens with one attached hydrogen (secondary N) is 1. The summed E-state index contributed by atoms with van der Waals surface area (Å²) in [6.07, 6.45) is 4.20. The largest absolute Gasteiger partial charge is 0.497 e. The van der Waals surface area contributed by atoms with E-state index in [4.69, 9.17) is 4.74 Å². The molecular weight excluding hydrogens is 377 g/mol. The van der Waals surface area contributed by atoms with Crippen LogP contribution in [-0.2, 0) is 11.3 Å². The second-order valence-electron chi connectivity index (χ2n) is 7.17. The number of methoxy groups -OCH3 is 1. The first-order valence-corrected chi connectivity index (χ1v) is 9.79. The van der Waals surface area contributed by atoms with Crippen LogP contribution in [0.3, 0.4) is 0 Å². The topological polar surface area (TPSA) is 38.3 Å². The molecule has 3 nitrogen and oxygen atoms in total. The highest BCUT2D eigenvalue weighted by molar-refractivity contribution is 6.05. The molecule has 0 heterocycles. The lowest BCUT2D eigenvalue weighted by Crippen LogP contribution is -2.22. The number of halogens is 1. The third kappa shape index (κ3) is 4.49. The summed E-state index contributed by atoms with van der Waals surface area (Å²) in [6, 6.07) is 22.2. The summed E-state index contributed by atoms with van der Waals surface area (Å²) in [7, 11) is 1.63. The number of amides is 1. The van der Waals surface area contributed by atoms with Crippen molar-refractivity contribution in [3.8, 4) is 5.75 Å². The van der Waals surface area contributed by atoms with Gasteiger partial charge >= 0.3 is 0 Å². The highest BCUT2D eigenvalue weighted by Crippen LogP contribution is 2.38. The molecule has 0 radical (unpaired) electrons. The highest BCUT2D eigenvalue weighted by Gasteiger charge is 2.21. The number of hydrogen-bond acceptors (Lipinski definition) is 2. The lowest BCUT2D eigenvalue weighted by molar-refractivity contribution is -0.120. The number of rotatable bonds is 6. The van der Waals surface area contributed by atoms with Gasteiger partial charge in [0.05, 0.1) is 13.5 Å². The molecular formula is C26H22FNO2. The lowest BCUT2D eigenvalue weighted by atomic mass is 10.0. The Bertz CT molecular complexity index is 1120. The molecule has 30 heavy (non-hydrogen) atoms. The number of benzene rings is 3.